The summed E-state index contributed by atoms with van der Waals surface area (Å²) in [6.45, 7) is 0.101. The highest BCUT2D eigenvalue weighted by Crippen LogP contribution is 2.27. The largest absolute Gasteiger partial charge is 0.389 e. The van der Waals surface area contributed by atoms with E-state index in [1.54, 1.807) is 30.1 Å². The van der Waals surface area contributed by atoms with Crippen molar-refractivity contribution < 1.29 is 13.5 Å². The van der Waals surface area contributed by atoms with Gasteiger partial charge in [0.2, 0.25) is 10.0 Å². The zero-order valence-electron chi connectivity index (χ0n) is 10.6. The van der Waals surface area contributed by atoms with E-state index in [4.69, 9.17) is 0 Å². The van der Waals surface area contributed by atoms with Crippen LogP contribution < -0.4 is 4.72 Å². The molecule has 0 saturated heterocycles. The molecule has 5 nitrogen and oxygen atoms in total. The Labute approximate surface area is 108 Å². The van der Waals surface area contributed by atoms with Crippen LogP contribution in [-0.2, 0) is 17.1 Å². The Morgan fingerprint density at radius 1 is 1.39 bits per heavy atom. The molecule has 6 heteroatoms. The molecule has 1 saturated carbocycles. The molecule has 2 rings (SSSR count). The van der Waals surface area contributed by atoms with E-state index in [2.05, 4.69) is 4.72 Å². The summed E-state index contributed by atoms with van der Waals surface area (Å²) in [7, 11) is -1.74. The monoisotopic (exact) mass is 272 g/mol. The van der Waals surface area contributed by atoms with Crippen molar-refractivity contribution in [3.63, 3.8) is 0 Å². The van der Waals surface area contributed by atoms with Gasteiger partial charge in [-0.1, -0.05) is 19.3 Å². The number of aromatic nitrogens is 1. The van der Waals surface area contributed by atoms with Crippen LogP contribution in [0.5, 0.6) is 0 Å². The Bertz CT molecular complexity index is 501. The second-order valence-electron chi connectivity index (χ2n) is 5.12. The van der Waals surface area contributed by atoms with Crippen LogP contribution in [0, 0.1) is 0 Å². The van der Waals surface area contributed by atoms with Crippen molar-refractivity contribution in [3.8, 4) is 0 Å². The van der Waals surface area contributed by atoms with Crippen LogP contribution in [0.25, 0.3) is 0 Å². The van der Waals surface area contributed by atoms with E-state index in [0.29, 0.717) is 12.8 Å². The van der Waals surface area contributed by atoms with E-state index in [-0.39, 0.29) is 11.4 Å². The molecule has 0 amide bonds. The van der Waals surface area contributed by atoms with E-state index < -0.39 is 15.6 Å². The number of nitrogens with one attached hydrogen (secondary N) is 1. The Morgan fingerprint density at radius 2 is 2.06 bits per heavy atom. The van der Waals surface area contributed by atoms with Gasteiger partial charge < -0.3 is 9.67 Å². The number of hydrogen-bond acceptors (Lipinski definition) is 3. The van der Waals surface area contributed by atoms with Crippen LogP contribution in [0.1, 0.15) is 32.1 Å². The summed E-state index contributed by atoms with van der Waals surface area (Å²) in [5.74, 6) is 0. The maximum Gasteiger partial charge on any atom is 0.242 e. The highest BCUT2D eigenvalue weighted by molar-refractivity contribution is 7.89. The molecular formula is C12H20N2O3S. The quantitative estimate of drug-likeness (QED) is 0.859. The molecular weight excluding hydrogens is 252 g/mol. The predicted octanol–water partition coefficient (Wildman–Crippen LogP) is 0.999. The average Bonchev–Trinajstić information content (AvgIpc) is 2.76. The van der Waals surface area contributed by atoms with E-state index in [1.165, 1.54) is 0 Å². The Kier molecular flexibility index (Phi) is 3.79. The Balaban J connectivity index is 2.01. The van der Waals surface area contributed by atoms with Gasteiger partial charge in [0.15, 0.2) is 0 Å². The molecule has 1 aromatic rings. The first-order chi connectivity index (χ1) is 8.41. The van der Waals surface area contributed by atoms with Gasteiger partial charge >= 0.3 is 0 Å². The van der Waals surface area contributed by atoms with Crippen molar-refractivity contribution in [2.24, 2.45) is 7.05 Å². The normalized spacial score (nSPS) is 19.9. The van der Waals surface area contributed by atoms with Crippen molar-refractivity contribution in [2.75, 3.05) is 6.54 Å². The summed E-state index contributed by atoms with van der Waals surface area (Å²) in [5, 5.41) is 10.3. The van der Waals surface area contributed by atoms with E-state index >= 15 is 0 Å². The minimum atomic E-state index is -3.51. The fourth-order valence-electron chi connectivity index (χ4n) is 2.34. The molecule has 0 spiro atoms. The third-order valence-corrected chi connectivity index (χ3v) is 4.88. The lowest BCUT2D eigenvalue weighted by atomic mass is 9.85. The molecule has 18 heavy (non-hydrogen) atoms. The summed E-state index contributed by atoms with van der Waals surface area (Å²) in [4.78, 5) is 0.240. The number of aryl methyl sites for hydroxylation is 1. The molecule has 0 radical (unpaired) electrons. The first-order valence-corrected chi connectivity index (χ1v) is 7.74. The van der Waals surface area contributed by atoms with Gasteiger partial charge in [-0.15, -0.1) is 0 Å². The zero-order valence-corrected chi connectivity index (χ0v) is 11.4. The summed E-state index contributed by atoms with van der Waals surface area (Å²) in [5.41, 5.74) is -0.875. The van der Waals surface area contributed by atoms with Crippen LogP contribution in [0.3, 0.4) is 0 Å². The molecule has 0 aromatic carbocycles. The van der Waals surface area contributed by atoms with E-state index in [0.717, 1.165) is 19.3 Å². The number of hydrogen-bond donors (Lipinski definition) is 2. The lowest BCUT2D eigenvalue weighted by Crippen LogP contribution is -2.44. The van der Waals surface area contributed by atoms with Gasteiger partial charge in [-0.05, 0) is 18.9 Å². The van der Waals surface area contributed by atoms with Crippen LogP contribution in [0.4, 0.5) is 0 Å². The standard InChI is InChI=1S/C12H20N2O3S/c1-14-8-5-11(9-14)18(16,17)13-10-12(15)6-3-2-4-7-12/h5,8-9,13,15H,2-4,6-7,10H2,1H3. The van der Waals surface area contributed by atoms with Crippen LogP contribution >= 0.6 is 0 Å². The minimum Gasteiger partial charge on any atom is -0.389 e. The molecule has 102 valence electrons. The predicted molar refractivity (Wildman–Crippen MR) is 68.6 cm³/mol. The van der Waals surface area contributed by atoms with Crippen LogP contribution in [0.15, 0.2) is 23.4 Å². The second-order valence-corrected chi connectivity index (χ2v) is 6.89. The number of sulfonamides is 1. The van der Waals surface area contributed by atoms with Crippen LogP contribution in [0.2, 0.25) is 0 Å². The lowest BCUT2D eigenvalue weighted by Gasteiger charge is -2.31. The van der Waals surface area contributed by atoms with Gasteiger partial charge in [-0.3, -0.25) is 0 Å². The first kappa shape index (κ1) is 13.6. The van der Waals surface area contributed by atoms with Crippen molar-refractivity contribution in [2.45, 2.75) is 42.6 Å². The molecule has 1 fully saturated rings. The first-order valence-electron chi connectivity index (χ1n) is 6.25. The zero-order chi connectivity index (χ0) is 13.2. The summed E-state index contributed by atoms with van der Waals surface area (Å²) in [6, 6.07) is 1.55. The fourth-order valence-corrected chi connectivity index (χ4v) is 3.51. The van der Waals surface area contributed by atoms with Crippen molar-refractivity contribution in [1.82, 2.24) is 9.29 Å². The van der Waals surface area contributed by atoms with Crippen molar-refractivity contribution >= 4 is 10.0 Å². The summed E-state index contributed by atoms with van der Waals surface area (Å²) in [6.07, 6.45) is 7.62. The number of nitrogens with zero attached hydrogens (tertiary/aromatic N) is 1. The number of aliphatic hydroxyl groups is 1. The number of rotatable bonds is 4. The molecule has 0 bridgehead atoms. The fraction of sp³-hybridized carbons (Fsp3) is 0.667. The Hall–Kier alpha value is -0.850. The molecule has 2 N–H and O–H groups in total. The molecule has 1 aliphatic carbocycles. The van der Waals surface area contributed by atoms with Gasteiger partial charge in [0.05, 0.1) is 10.5 Å². The third-order valence-electron chi connectivity index (χ3n) is 3.49. The maximum atomic E-state index is 12.0. The van der Waals surface area contributed by atoms with Crippen LogP contribution in [-0.4, -0.2) is 30.2 Å². The molecule has 0 unspecified atom stereocenters. The third kappa shape index (κ3) is 3.13. The van der Waals surface area contributed by atoms with E-state index in [1.807, 2.05) is 0 Å². The van der Waals surface area contributed by atoms with Gasteiger partial charge in [0.1, 0.15) is 0 Å². The van der Waals surface area contributed by atoms with Crippen molar-refractivity contribution in [1.29, 1.82) is 0 Å². The Morgan fingerprint density at radius 3 is 2.61 bits per heavy atom. The van der Waals surface area contributed by atoms with E-state index in [9.17, 15) is 13.5 Å². The van der Waals surface area contributed by atoms with Crippen molar-refractivity contribution in [3.05, 3.63) is 18.5 Å². The molecule has 0 atom stereocenters. The SMILES string of the molecule is Cn1ccc(S(=O)(=O)NCC2(O)CCCCC2)c1. The summed E-state index contributed by atoms with van der Waals surface area (Å²) >= 11 is 0. The van der Waals surface area contributed by atoms with Gasteiger partial charge in [0.25, 0.3) is 0 Å². The highest BCUT2D eigenvalue weighted by Gasteiger charge is 2.30. The smallest absolute Gasteiger partial charge is 0.242 e. The molecule has 1 heterocycles. The molecule has 1 aromatic heterocycles. The average molecular weight is 272 g/mol. The lowest BCUT2D eigenvalue weighted by molar-refractivity contribution is 0.00945. The molecule has 1 aliphatic rings. The van der Waals surface area contributed by atoms with Gasteiger partial charge in [0, 0.05) is 26.0 Å². The maximum absolute atomic E-state index is 12.0. The molecule has 0 aliphatic heterocycles. The topological polar surface area (TPSA) is 71.3 Å². The highest BCUT2D eigenvalue weighted by atomic mass is 32.2. The second kappa shape index (κ2) is 5.03. The summed E-state index contributed by atoms with van der Waals surface area (Å²) < 4.78 is 28.2. The van der Waals surface area contributed by atoms with Gasteiger partial charge in [-0.2, -0.15) is 0 Å². The minimum absolute atomic E-state index is 0.101. The van der Waals surface area contributed by atoms with Gasteiger partial charge in [-0.25, -0.2) is 13.1 Å².